The Morgan fingerprint density at radius 1 is 1.27 bits per heavy atom. The highest BCUT2D eigenvalue weighted by Crippen LogP contribution is 2.21. The van der Waals surface area contributed by atoms with Crippen molar-refractivity contribution in [3.63, 3.8) is 0 Å². The molecule has 0 amide bonds. The number of hydrogen-bond acceptors (Lipinski definition) is 4. The van der Waals surface area contributed by atoms with Crippen LogP contribution in [-0.4, -0.2) is 31.1 Å². The number of thiazole rings is 1. The molecule has 0 aliphatic carbocycles. The molecular weight excluding hydrogens is 459 g/mol. The fourth-order valence-corrected chi connectivity index (χ4v) is 3.18. The maximum Gasteiger partial charge on any atom is 0.191 e. The summed E-state index contributed by atoms with van der Waals surface area (Å²) in [5.74, 6) is 2.23. The number of nitrogens with one attached hydrogen (secondary N) is 2. The number of ether oxygens (including phenoxy) is 1. The van der Waals surface area contributed by atoms with E-state index in [0.29, 0.717) is 12.5 Å². The summed E-state index contributed by atoms with van der Waals surface area (Å²) < 4.78 is 5.21. The lowest BCUT2D eigenvalue weighted by Crippen LogP contribution is -2.38. The molecule has 7 heteroatoms. The lowest BCUT2D eigenvalue weighted by Gasteiger charge is -2.15. The van der Waals surface area contributed by atoms with Gasteiger partial charge in [0.15, 0.2) is 5.96 Å². The summed E-state index contributed by atoms with van der Waals surface area (Å²) in [4.78, 5) is 10.1. The number of aromatic nitrogens is 1. The van der Waals surface area contributed by atoms with Crippen LogP contribution in [0.4, 0.5) is 0 Å². The van der Waals surface area contributed by atoms with Crippen molar-refractivity contribution >= 4 is 41.3 Å². The molecular formula is C19H29IN4OS. The molecule has 0 aliphatic heterocycles. The highest BCUT2D eigenvalue weighted by atomic mass is 127. The Balaban J connectivity index is 0.00000338. The van der Waals surface area contributed by atoms with Crippen molar-refractivity contribution in [1.29, 1.82) is 0 Å². The molecule has 2 rings (SSSR count). The third kappa shape index (κ3) is 7.11. The molecule has 0 bridgehead atoms. The van der Waals surface area contributed by atoms with Crippen molar-refractivity contribution in [3.05, 3.63) is 45.9 Å². The molecule has 2 N–H and O–H groups in total. The zero-order valence-corrected chi connectivity index (χ0v) is 19.1. The van der Waals surface area contributed by atoms with Gasteiger partial charge >= 0.3 is 0 Å². The van der Waals surface area contributed by atoms with Gasteiger partial charge in [-0.2, -0.15) is 0 Å². The summed E-state index contributed by atoms with van der Waals surface area (Å²) in [6.45, 7) is 8.74. The first kappa shape index (κ1) is 22.7. The maximum absolute atomic E-state index is 5.21. The number of guanidine groups is 1. The van der Waals surface area contributed by atoms with E-state index >= 15 is 0 Å². The van der Waals surface area contributed by atoms with E-state index < -0.39 is 0 Å². The van der Waals surface area contributed by atoms with Crippen LogP contribution in [0.25, 0.3) is 0 Å². The zero-order chi connectivity index (χ0) is 18.1. The fraction of sp³-hybridized carbons (Fsp3) is 0.474. The molecule has 26 heavy (non-hydrogen) atoms. The van der Waals surface area contributed by atoms with Crippen LogP contribution in [0.1, 0.15) is 42.3 Å². The molecule has 2 aromatic rings. The second-order valence-electron chi connectivity index (χ2n) is 5.95. The molecule has 1 aromatic heterocycles. The Morgan fingerprint density at radius 2 is 2.00 bits per heavy atom. The van der Waals surface area contributed by atoms with Crippen molar-refractivity contribution in [1.82, 2.24) is 15.6 Å². The van der Waals surface area contributed by atoms with Crippen LogP contribution in [0, 0.1) is 6.92 Å². The summed E-state index contributed by atoms with van der Waals surface area (Å²) in [5.41, 5.74) is 4.26. The van der Waals surface area contributed by atoms with E-state index in [2.05, 4.69) is 46.6 Å². The average Bonchev–Trinajstić information content (AvgIpc) is 3.04. The van der Waals surface area contributed by atoms with Crippen molar-refractivity contribution in [2.24, 2.45) is 4.99 Å². The molecule has 0 saturated heterocycles. The van der Waals surface area contributed by atoms with Crippen molar-refractivity contribution in [2.45, 2.75) is 39.7 Å². The summed E-state index contributed by atoms with van der Waals surface area (Å²) in [7, 11) is 1.69. The maximum atomic E-state index is 5.21. The molecule has 1 atom stereocenters. The third-order valence-electron chi connectivity index (χ3n) is 4.12. The normalized spacial score (nSPS) is 12.2. The smallest absolute Gasteiger partial charge is 0.191 e. The number of hydrogen-bond donors (Lipinski definition) is 2. The van der Waals surface area contributed by atoms with Crippen LogP contribution in [0.3, 0.4) is 0 Å². The molecule has 144 valence electrons. The summed E-state index contributed by atoms with van der Waals surface area (Å²) >= 11 is 1.65. The number of aryl methyl sites for hydroxylation is 1. The van der Waals surface area contributed by atoms with Gasteiger partial charge in [0.1, 0.15) is 5.75 Å². The Morgan fingerprint density at radius 3 is 2.58 bits per heavy atom. The van der Waals surface area contributed by atoms with Gasteiger partial charge in [-0.1, -0.05) is 19.1 Å². The van der Waals surface area contributed by atoms with E-state index in [1.54, 1.807) is 18.4 Å². The van der Waals surface area contributed by atoms with Gasteiger partial charge in [-0.15, -0.1) is 35.3 Å². The molecule has 1 aromatic carbocycles. The Kier molecular flexibility index (Phi) is 10.6. The highest BCUT2D eigenvalue weighted by molar-refractivity contribution is 14.0. The first-order valence-electron chi connectivity index (χ1n) is 8.69. The zero-order valence-electron chi connectivity index (χ0n) is 15.9. The van der Waals surface area contributed by atoms with Crippen LogP contribution < -0.4 is 15.4 Å². The molecule has 1 heterocycles. The Hall–Kier alpha value is -1.35. The summed E-state index contributed by atoms with van der Waals surface area (Å²) in [5, 5.41) is 6.72. The molecule has 0 radical (unpaired) electrons. The quantitative estimate of drug-likeness (QED) is 0.330. The monoisotopic (exact) mass is 488 g/mol. The van der Waals surface area contributed by atoms with Gasteiger partial charge < -0.3 is 15.4 Å². The van der Waals surface area contributed by atoms with Gasteiger partial charge in [-0.3, -0.25) is 0 Å². The van der Waals surface area contributed by atoms with Crippen LogP contribution in [0.5, 0.6) is 5.75 Å². The third-order valence-corrected chi connectivity index (χ3v) is 5.04. The predicted octanol–water partition coefficient (Wildman–Crippen LogP) is 4.33. The SMILES string of the molecule is CCNC(=NCc1scnc1C)NCCC(C)c1ccc(OC)cc1.I. The van der Waals surface area contributed by atoms with Crippen LogP contribution in [0.15, 0.2) is 34.8 Å². The first-order chi connectivity index (χ1) is 12.1. The summed E-state index contributed by atoms with van der Waals surface area (Å²) in [6, 6.07) is 8.30. The van der Waals surface area contributed by atoms with Gasteiger partial charge in [0.25, 0.3) is 0 Å². The van der Waals surface area contributed by atoms with E-state index in [1.165, 1.54) is 10.4 Å². The van der Waals surface area contributed by atoms with E-state index in [-0.39, 0.29) is 24.0 Å². The largest absolute Gasteiger partial charge is 0.497 e. The minimum atomic E-state index is 0. The Labute approximate surface area is 177 Å². The topological polar surface area (TPSA) is 58.5 Å². The van der Waals surface area contributed by atoms with Crippen molar-refractivity contribution in [2.75, 3.05) is 20.2 Å². The second kappa shape index (κ2) is 12.1. The lowest BCUT2D eigenvalue weighted by molar-refractivity contribution is 0.414. The van der Waals surface area contributed by atoms with Crippen molar-refractivity contribution < 1.29 is 4.74 Å². The van der Waals surface area contributed by atoms with E-state index in [0.717, 1.165) is 36.9 Å². The van der Waals surface area contributed by atoms with Crippen LogP contribution >= 0.6 is 35.3 Å². The Bertz CT molecular complexity index is 672. The molecule has 5 nitrogen and oxygen atoms in total. The summed E-state index contributed by atoms with van der Waals surface area (Å²) in [6.07, 6.45) is 1.04. The standard InChI is InChI=1S/C19H28N4OS.HI/c1-5-20-19(22-12-18-15(3)23-13-25-18)21-11-10-14(2)16-6-8-17(24-4)9-7-16;/h6-9,13-14H,5,10-12H2,1-4H3,(H2,20,21,22);1H. The molecule has 0 spiro atoms. The fourth-order valence-electron chi connectivity index (χ4n) is 2.48. The van der Waals surface area contributed by atoms with Gasteiger partial charge in [0, 0.05) is 18.0 Å². The number of methoxy groups -OCH3 is 1. The van der Waals surface area contributed by atoms with E-state index in [1.807, 2.05) is 24.6 Å². The minimum absolute atomic E-state index is 0. The molecule has 0 fully saturated rings. The number of benzene rings is 1. The number of aliphatic imine (C=N–C) groups is 1. The number of rotatable bonds is 8. The van der Waals surface area contributed by atoms with E-state index in [4.69, 9.17) is 4.74 Å². The molecule has 1 unspecified atom stereocenters. The van der Waals surface area contributed by atoms with Gasteiger partial charge in [-0.25, -0.2) is 9.98 Å². The average molecular weight is 488 g/mol. The van der Waals surface area contributed by atoms with Gasteiger partial charge in [0.05, 0.1) is 24.9 Å². The van der Waals surface area contributed by atoms with Crippen LogP contribution in [0.2, 0.25) is 0 Å². The lowest BCUT2D eigenvalue weighted by atomic mass is 9.98. The highest BCUT2D eigenvalue weighted by Gasteiger charge is 2.07. The van der Waals surface area contributed by atoms with E-state index in [9.17, 15) is 0 Å². The van der Waals surface area contributed by atoms with Crippen molar-refractivity contribution in [3.8, 4) is 5.75 Å². The number of halogens is 1. The second-order valence-corrected chi connectivity index (χ2v) is 6.89. The van der Waals surface area contributed by atoms with Gasteiger partial charge in [-0.05, 0) is 43.9 Å². The van der Waals surface area contributed by atoms with Crippen LogP contribution in [-0.2, 0) is 6.54 Å². The first-order valence-corrected chi connectivity index (χ1v) is 9.57. The molecule has 0 saturated carbocycles. The molecule has 0 aliphatic rings. The van der Waals surface area contributed by atoms with Gasteiger partial charge in [0.2, 0.25) is 0 Å². The predicted molar refractivity (Wildman–Crippen MR) is 121 cm³/mol. The number of nitrogens with zero attached hydrogens (tertiary/aromatic N) is 2. The minimum Gasteiger partial charge on any atom is -0.497 e.